The smallest absolute Gasteiger partial charge is 0.321 e. The molecule has 5 heteroatoms. The van der Waals surface area contributed by atoms with Crippen LogP contribution in [0.1, 0.15) is 24.9 Å². The fourth-order valence-electron chi connectivity index (χ4n) is 2.38. The second-order valence-corrected chi connectivity index (χ2v) is 4.72. The Morgan fingerprint density at radius 1 is 1.30 bits per heavy atom. The lowest BCUT2D eigenvalue weighted by Gasteiger charge is -2.13. The summed E-state index contributed by atoms with van der Waals surface area (Å²) >= 11 is 0. The maximum absolute atomic E-state index is 11.6. The highest BCUT2D eigenvalue weighted by Gasteiger charge is 2.29. The molecule has 0 spiro atoms. The first-order valence-corrected chi connectivity index (χ1v) is 6.75. The van der Waals surface area contributed by atoms with Gasteiger partial charge in [-0.05, 0) is 24.1 Å². The number of amides is 2. The monoisotopic (exact) mass is 268 g/mol. The van der Waals surface area contributed by atoms with Crippen molar-refractivity contribution in [3.8, 4) is 0 Å². The maximum Gasteiger partial charge on any atom is 0.321 e. The van der Waals surface area contributed by atoms with Crippen molar-refractivity contribution in [2.45, 2.75) is 19.4 Å². The minimum atomic E-state index is -0.220. The molecule has 0 radical (unpaired) electrons. The highest BCUT2D eigenvalue weighted by Crippen LogP contribution is 2.25. The summed E-state index contributed by atoms with van der Waals surface area (Å²) in [6, 6.07) is 9.41. The van der Waals surface area contributed by atoms with Crippen LogP contribution in [0, 0.1) is 0 Å². The molecule has 2 heterocycles. The molecule has 0 saturated carbocycles. The summed E-state index contributed by atoms with van der Waals surface area (Å²) in [5, 5.41) is 6.73. The summed E-state index contributed by atoms with van der Waals surface area (Å²) in [7, 11) is 0. The molecule has 1 fully saturated rings. The van der Waals surface area contributed by atoms with E-state index in [1.807, 2.05) is 30.3 Å². The van der Waals surface area contributed by atoms with Crippen LogP contribution in [0.4, 0.5) is 4.79 Å². The highest BCUT2D eigenvalue weighted by molar-refractivity contribution is 6.08. The first-order valence-electron chi connectivity index (χ1n) is 6.75. The average molecular weight is 268 g/mol. The molecule has 102 valence electrons. The van der Waals surface area contributed by atoms with E-state index in [4.69, 9.17) is 0 Å². The van der Waals surface area contributed by atoms with E-state index >= 15 is 0 Å². The second-order valence-electron chi connectivity index (χ2n) is 4.72. The first kappa shape index (κ1) is 12.6. The van der Waals surface area contributed by atoms with Gasteiger partial charge in [0.15, 0.2) is 0 Å². The SMILES string of the molecule is CCCN=C1NC(=O)NC1c1ccnc2ccccc12. The van der Waals surface area contributed by atoms with Crippen LogP contribution in [0.25, 0.3) is 10.9 Å². The Balaban J connectivity index is 2.07. The van der Waals surface area contributed by atoms with Gasteiger partial charge in [-0.2, -0.15) is 0 Å². The van der Waals surface area contributed by atoms with Crippen molar-refractivity contribution in [1.82, 2.24) is 15.6 Å². The lowest BCUT2D eigenvalue weighted by Crippen LogP contribution is -2.22. The Labute approximate surface area is 117 Å². The summed E-state index contributed by atoms with van der Waals surface area (Å²) in [5.41, 5.74) is 1.93. The van der Waals surface area contributed by atoms with Crippen LogP contribution in [0.2, 0.25) is 0 Å². The van der Waals surface area contributed by atoms with Crippen molar-refractivity contribution in [2.24, 2.45) is 4.99 Å². The predicted molar refractivity (Wildman–Crippen MR) is 78.7 cm³/mol. The van der Waals surface area contributed by atoms with Crippen molar-refractivity contribution >= 4 is 22.8 Å². The zero-order chi connectivity index (χ0) is 13.9. The number of carbonyl (C=O) groups excluding carboxylic acids is 1. The van der Waals surface area contributed by atoms with Gasteiger partial charge in [0.2, 0.25) is 0 Å². The minimum Gasteiger partial charge on any atom is -0.324 e. The summed E-state index contributed by atoms with van der Waals surface area (Å²) < 4.78 is 0. The van der Waals surface area contributed by atoms with Crippen molar-refractivity contribution in [3.63, 3.8) is 0 Å². The van der Waals surface area contributed by atoms with E-state index in [0.717, 1.165) is 22.9 Å². The second kappa shape index (κ2) is 5.28. The van der Waals surface area contributed by atoms with E-state index in [-0.39, 0.29) is 12.1 Å². The fourth-order valence-corrected chi connectivity index (χ4v) is 2.38. The zero-order valence-electron chi connectivity index (χ0n) is 11.3. The summed E-state index contributed by atoms with van der Waals surface area (Å²) in [5.74, 6) is 0.688. The van der Waals surface area contributed by atoms with Gasteiger partial charge in [0, 0.05) is 18.1 Å². The van der Waals surface area contributed by atoms with E-state index in [0.29, 0.717) is 12.4 Å². The number of benzene rings is 1. The number of rotatable bonds is 3. The molecule has 2 aromatic rings. The molecule has 0 bridgehead atoms. The number of nitrogens with zero attached hydrogens (tertiary/aromatic N) is 2. The van der Waals surface area contributed by atoms with E-state index in [1.165, 1.54) is 0 Å². The third kappa shape index (κ3) is 2.22. The highest BCUT2D eigenvalue weighted by atomic mass is 16.2. The van der Waals surface area contributed by atoms with Crippen LogP contribution in [-0.2, 0) is 0 Å². The van der Waals surface area contributed by atoms with Gasteiger partial charge in [-0.1, -0.05) is 25.1 Å². The standard InChI is InChI=1S/C15H16N4O/c1-2-8-17-14-13(18-15(20)19-14)11-7-9-16-12-6-4-3-5-10(11)12/h3-7,9,13H,2,8H2,1H3,(H2,17,18,19,20). The quantitative estimate of drug-likeness (QED) is 0.897. The maximum atomic E-state index is 11.6. The molecule has 1 aromatic heterocycles. The molecular weight excluding hydrogens is 252 g/mol. The van der Waals surface area contributed by atoms with Gasteiger partial charge < -0.3 is 5.32 Å². The number of aromatic nitrogens is 1. The molecule has 1 aliphatic rings. The molecule has 0 aliphatic carbocycles. The van der Waals surface area contributed by atoms with Gasteiger partial charge in [-0.25, -0.2) is 4.79 Å². The molecule has 1 aliphatic heterocycles. The van der Waals surface area contributed by atoms with E-state index in [2.05, 4.69) is 27.5 Å². The number of urea groups is 1. The van der Waals surface area contributed by atoms with Crippen molar-refractivity contribution < 1.29 is 4.79 Å². The summed E-state index contributed by atoms with van der Waals surface area (Å²) in [4.78, 5) is 20.4. The van der Waals surface area contributed by atoms with Crippen LogP contribution >= 0.6 is 0 Å². The molecular formula is C15H16N4O. The van der Waals surface area contributed by atoms with Crippen LogP contribution < -0.4 is 10.6 Å². The van der Waals surface area contributed by atoms with Gasteiger partial charge in [-0.3, -0.25) is 15.3 Å². The Morgan fingerprint density at radius 2 is 2.15 bits per heavy atom. The Hall–Kier alpha value is -2.43. The molecule has 2 amide bonds. The minimum absolute atomic E-state index is 0.203. The third-order valence-corrected chi connectivity index (χ3v) is 3.29. The number of aliphatic imine (C=N–C) groups is 1. The van der Waals surface area contributed by atoms with Gasteiger partial charge in [0.1, 0.15) is 11.9 Å². The largest absolute Gasteiger partial charge is 0.324 e. The molecule has 1 saturated heterocycles. The lowest BCUT2D eigenvalue weighted by molar-refractivity contribution is 0.248. The number of amidine groups is 1. The molecule has 20 heavy (non-hydrogen) atoms. The number of para-hydroxylation sites is 1. The molecule has 3 rings (SSSR count). The number of hydrogen-bond acceptors (Lipinski definition) is 3. The average Bonchev–Trinajstić information content (AvgIpc) is 2.85. The van der Waals surface area contributed by atoms with Crippen molar-refractivity contribution in [3.05, 3.63) is 42.1 Å². The van der Waals surface area contributed by atoms with Crippen molar-refractivity contribution in [2.75, 3.05) is 6.54 Å². The number of nitrogens with one attached hydrogen (secondary N) is 2. The van der Waals surface area contributed by atoms with E-state index in [1.54, 1.807) is 6.20 Å². The number of fused-ring (bicyclic) bond motifs is 1. The first-order chi connectivity index (χ1) is 9.79. The van der Waals surface area contributed by atoms with Crippen LogP contribution in [-0.4, -0.2) is 23.4 Å². The van der Waals surface area contributed by atoms with Crippen molar-refractivity contribution in [1.29, 1.82) is 0 Å². The van der Waals surface area contributed by atoms with E-state index in [9.17, 15) is 4.79 Å². The molecule has 2 N–H and O–H groups in total. The molecule has 1 atom stereocenters. The summed E-state index contributed by atoms with van der Waals surface area (Å²) in [6.45, 7) is 2.77. The summed E-state index contributed by atoms with van der Waals surface area (Å²) in [6.07, 6.45) is 2.71. The van der Waals surface area contributed by atoms with Gasteiger partial charge in [0.05, 0.1) is 5.52 Å². The Bertz CT molecular complexity index is 675. The predicted octanol–water partition coefficient (Wildman–Crippen LogP) is 2.40. The van der Waals surface area contributed by atoms with Crippen LogP contribution in [0.15, 0.2) is 41.5 Å². The molecule has 5 nitrogen and oxygen atoms in total. The van der Waals surface area contributed by atoms with Crippen LogP contribution in [0.3, 0.4) is 0 Å². The topological polar surface area (TPSA) is 66.4 Å². The fraction of sp³-hybridized carbons (Fsp3) is 0.267. The Morgan fingerprint density at radius 3 is 3.00 bits per heavy atom. The van der Waals surface area contributed by atoms with Crippen LogP contribution in [0.5, 0.6) is 0 Å². The third-order valence-electron chi connectivity index (χ3n) is 3.29. The van der Waals surface area contributed by atoms with E-state index < -0.39 is 0 Å². The Kier molecular flexibility index (Phi) is 3.33. The lowest BCUT2D eigenvalue weighted by atomic mass is 10.0. The van der Waals surface area contributed by atoms with Gasteiger partial charge in [-0.15, -0.1) is 0 Å². The zero-order valence-corrected chi connectivity index (χ0v) is 11.3. The molecule has 1 unspecified atom stereocenters. The number of pyridine rings is 1. The van der Waals surface area contributed by atoms with Gasteiger partial charge >= 0.3 is 6.03 Å². The normalized spacial score (nSPS) is 20.1. The van der Waals surface area contributed by atoms with Gasteiger partial charge in [0.25, 0.3) is 0 Å². The number of hydrogen-bond donors (Lipinski definition) is 2. The number of carbonyl (C=O) groups is 1. The molecule has 1 aromatic carbocycles.